The smallest absolute Gasteiger partial charge is 0.337 e. The van der Waals surface area contributed by atoms with Gasteiger partial charge in [-0.05, 0) is 25.1 Å². The molecule has 19 heavy (non-hydrogen) atoms. The first-order chi connectivity index (χ1) is 8.62. The van der Waals surface area contributed by atoms with Crippen molar-refractivity contribution < 1.29 is 27.5 Å². The summed E-state index contributed by atoms with van der Waals surface area (Å²) in [4.78, 5) is 22.5. The molecule has 1 unspecified atom stereocenters. The maximum Gasteiger partial charge on any atom is 0.337 e. The zero-order valence-electron chi connectivity index (χ0n) is 10.2. The topological polar surface area (TPSA) is 101 Å². The van der Waals surface area contributed by atoms with Crippen molar-refractivity contribution in [2.24, 2.45) is 0 Å². The Morgan fingerprint density at radius 3 is 2.42 bits per heavy atom. The Hall–Kier alpha value is -1.96. The molecule has 0 fully saturated rings. The first-order valence-corrected chi connectivity index (χ1v) is 7.11. The molecule has 0 saturated heterocycles. The Labute approximate surface area is 109 Å². The maximum absolute atomic E-state index is 13.0. The summed E-state index contributed by atoms with van der Waals surface area (Å²) in [5.74, 6) is -3.02. The molecule has 1 aromatic rings. The lowest BCUT2D eigenvalue weighted by atomic mass is 10.1. The van der Waals surface area contributed by atoms with Crippen LogP contribution in [0.15, 0.2) is 18.2 Å². The average molecular weight is 289 g/mol. The van der Waals surface area contributed by atoms with Crippen molar-refractivity contribution in [3.63, 3.8) is 0 Å². The van der Waals surface area contributed by atoms with Gasteiger partial charge in [0.25, 0.3) is 0 Å². The number of carboxylic acid groups (broad SMARTS) is 1. The van der Waals surface area contributed by atoms with Crippen molar-refractivity contribution in [1.82, 2.24) is 0 Å². The third-order valence-electron chi connectivity index (χ3n) is 2.48. The predicted molar refractivity (Wildman–Crippen MR) is 66.3 cm³/mol. The predicted octanol–water partition coefficient (Wildman–Crippen LogP) is 0.896. The number of benzene rings is 1. The SMILES string of the molecule is CC(C(=O)Nc1cc(F)ccc1C(=O)O)S(C)(=O)=O. The van der Waals surface area contributed by atoms with Crippen molar-refractivity contribution >= 4 is 27.4 Å². The Morgan fingerprint density at radius 1 is 1.37 bits per heavy atom. The van der Waals surface area contributed by atoms with E-state index in [1.165, 1.54) is 0 Å². The fourth-order valence-electron chi connectivity index (χ4n) is 1.24. The van der Waals surface area contributed by atoms with Crippen molar-refractivity contribution in [2.75, 3.05) is 11.6 Å². The summed E-state index contributed by atoms with van der Waals surface area (Å²) in [6.07, 6.45) is 0.876. The minimum Gasteiger partial charge on any atom is -0.478 e. The van der Waals surface area contributed by atoms with Crippen molar-refractivity contribution in [3.05, 3.63) is 29.6 Å². The summed E-state index contributed by atoms with van der Waals surface area (Å²) in [5.41, 5.74) is -0.608. The fraction of sp³-hybridized carbons (Fsp3) is 0.273. The molecule has 0 heterocycles. The van der Waals surface area contributed by atoms with Gasteiger partial charge in [0.15, 0.2) is 9.84 Å². The van der Waals surface area contributed by atoms with Crippen LogP contribution in [0.2, 0.25) is 0 Å². The molecule has 2 N–H and O–H groups in total. The zero-order valence-corrected chi connectivity index (χ0v) is 11.0. The average Bonchev–Trinajstić information content (AvgIpc) is 2.26. The number of amides is 1. The fourth-order valence-corrected chi connectivity index (χ4v) is 1.68. The molecule has 1 aromatic carbocycles. The van der Waals surface area contributed by atoms with E-state index in [-0.39, 0.29) is 11.3 Å². The highest BCUT2D eigenvalue weighted by atomic mass is 32.2. The standard InChI is InChI=1S/C11H12FNO5S/c1-6(19(2,17)18)10(14)13-9-5-7(12)3-4-8(9)11(15)16/h3-6H,1-2H3,(H,13,14)(H,15,16). The van der Waals surface area contributed by atoms with Gasteiger partial charge in [0.2, 0.25) is 5.91 Å². The molecule has 0 bridgehead atoms. The third kappa shape index (κ3) is 3.75. The molecule has 0 aliphatic carbocycles. The minimum absolute atomic E-state index is 0.284. The van der Waals surface area contributed by atoms with Crippen LogP contribution in [-0.4, -0.2) is 36.9 Å². The molecule has 6 nitrogen and oxygen atoms in total. The Kier molecular flexibility index (Phi) is 4.25. The summed E-state index contributed by atoms with van der Waals surface area (Å²) in [6, 6.07) is 2.73. The Bertz CT molecular complexity index is 626. The highest BCUT2D eigenvalue weighted by Crippen LogP contribution is 2.18. The van der Waals surface area contributed by atoms with Crippen LogP contribution in [0.4, 0.5) is 10.1 Å². The number of hydrogen-bond donors (Lipinski definition) is 2. The van der Waals surface area contributed by atoms with Crippen LogP contribution in [0.5, 0.6) is 0 Å². The zero-order chi connectivity index (χ0) is 14.8. The van der Waals surface area contributed by atoms with E-state index in [0.717, 1.165) is 31.4 Å². The first kappa shape index (κ1) is 15.1. The van der Waals surface area contributed by atoms with Crippen molar-refractivity contribution in [1.29, 1.82) is 0 Å². The van der Waals surface area contributed by atoms with E-state index in [9.17, 15) is 22.4 Å². The molecular weight excluding hydrogens is 277 g/mol. The molecule has 1 amide bonds. The van der Waals surface area contributed by atoms with Gasteiger partial charge < -0.3 is 10.4 Å². The number of halogens is 1. The number of carbonyl (C=O) groups is 2. The van der Waals surface area contributed by atoms with Crippen LogP contribution in [0.3, 0.4) is 0 Å². The third-order valence-corrected chi connectivity index (χ3v) is 3.98. The van der Waals surface area contributed by atoms with Crippen LogP contribution in [0.1, 0.15) is 17.3 Å². The Balaban J connectivity index is 3.09. The number of carbonyl (C=O) groups excluding carboxylic acids is 1. The van der Waals surface area contributed by atoms with E-state index < -0.39 is 32.8 Å². The van der Waals surface area contributed by atoms with Crippen LogP contribution in [0.25, 0.3) is 0 Å². The number of nitrogens with one attached hydrogen (secondary N) is 1. The maximum atomic E-state index is 13.0. The quantitative estimate of drug-likeness (QED) is 0.857. The van der Waals surface area contributed by atoms with Gasteiger partial charge >= 0.3 is 5.97 Å². The molecule has 104 valence electrons. The number of hydrogen-bond acceptors (Lipinski definition) is 4. The van der Waals surface area contributed by atoms with Gasteiger partial charge in [0.05, 0.1) is 11.3 Å². The largest absolute Gasteiger partial charge is 0.478 e. The number of aromatic carboxylic acids is 1. The van der Waals surface area contributed by atoms with Crippen LogP contribution in [-0.2, 0) is 14.6 Å². The number of anilines is 1. The summed E-state index contributed by atoms with van der Waals surface area (Å²) >= 11 is 0. The second-order valence-corrected chi connectivity index (χ2v) is 6.32. The van der Waals surface area contributed by atoms with E-state index in [1.807, 2.05) is 0 Å². The summed E-state index contributed by atoms with van der Waals surface area (Å²) in [5, 5.41) is 9.61. The lowest BCUT2D eigenvalue weighted by Gasteiger charge is -2.12. The molecule has 1 atom stereocenters. The minimum atomic E-state index is -3.62. The van der Waals surface area contributed by atoms with Crippen LogP contribution in [0, 0.1) is 5.82 Å². The van der Waals surface area contributed by atoms with E-state index in [4.69, 9.17) is 5.11 Å². The molecule has 0 aromatic heterocycles. The molecule has 1 rings (SSSR count). The van der Waals surface area contributed by atoms with Crippen LogP contribution >= 0.6 is 0 Å². The van der Waals surface area contributed by atoms with E-state index in [2.05, 4.69) is 5.32 Å². The van der Waals surface area contributed by atoms with Gasteiger partial charge in [-0.25, -0.2) is 17.6 Å². The van der Waals surface area contributed by atoms with Gasteiger partial charge in [0.1, 0.15) is 11.1 Å². The first-order valence-electron chi connectivity index (χ1n) is 5.15. The molecule has 0 saturated carbocycles. The lowest BCUT2D eigenvalue weighted by Crippen LogP contribution is -2.32. The number of carboxylic acids is 1. The van der Waals surface area contributed by atoms with Crippen LogP contribution < -0.4 is 5.32 Å². The molecule has 0 spiro atoms. The molecule has 0 radical (unpaired) electrons. The normalized spacial score (nSPS) is 12.8. The lowest BCUT2D eigenvalue weighted by molar-refractivity contribution is -0.115. The van der Waals surface area contributed by atoms with Gasteiger partial charge in [-0.1, -0.05) is 0 Å². The molecule has 0 aliphatic heterocycles. The second kappa shape index (κ2) is 5.35. The highest BCUT2D eigenvalue weighted by Gasteiger charge is 2.25. The summed E-state index contributed by atoms with van der Waals surface area (Å²) in [7, 11) is -3.62. The van der Waals surface area contributed by atoms with Gasteiger partial charge in [-0.15, -0.1) is 0 Å². The Morgan fingerprint density at radius 2 is 1.95 bits per heavy atom. The molecule has 8 heteroatoms. The number of rotatable bonds is 4. The molecular formula is C11H12FNO5S. The summed E-state index contributed by atoms with van der Waals surface area (Å²) < 4.78 is 35.4. The molecule has 0 aliphatic rings. The van der Waals surface area contributed by atoms with Gasteiger partial charge in [0, 0.05) is 6.26 Å². The van der Waals surface area contributed by atoms with Crippen molar-refractivity contribution in [2.45, 2.75) is 12.2 Å². The highest BCUT2D eigenvalue weighted by molar-refractivity contribution is 7.92. The van der Waals surface area contributed by atoms with Crippen molar-refractivity contribution in [3.8, 4) is 0 Å². The van der Waals surface area contributed by atoms with E-state index >= 15 is 0 Å². The van der Waals surface area contributed by atoms with E-state index in [1.54, 1.807) is 0 Å². The second-order valence-electron chi connectivity index (χ2n) is 3.96. The number of sulfone groups is 1. The van der Waals surface area contributed by atoms with Gasteiger partial charge in [-0.3, -0.25) is 4.79 Å². The van der Waals surface area contributed by atoms with Gasteiger partial charge in [-0.2, -0.15) is 0 Å². The monoisotopic (exact) mass is 289 g/mol. The summed E-state index contributed by atoms with van der Waals surface area (Å²) in [6.45, 7) is 1.16. The van der Waals surface area contributed by atoms with E-state index in [0.29, 0.717) is 0 Å².